The molecule has 1 unspecified atom stereocenters. The van der Waals surface area contributed by atoms with Gasteiger partial charge in [0, 0.05) is 4.90 Å². The van der Waals surface area contributed by atoms with Crippen LogP contribution in [0.15, 0.2) is 41.3 Å². The minimum atomic E-state index is -0.423. The van der Waals surface area contributed by atoms with Crippen molar-refractivity contribution < 1.29 is 14.3 Å². The number of para-hydroxylation sites is 1. The lowest BCUT2D eigenvalue weighted by Crippen LogP contribution is -2.31. The van der Waals surface area contributed by atoms with Crippen molar-refractivity contribution >= 4 is 29.3 Å². The predicted molar refractivity (Wildman–Crippen MR) is 75.1 cm³/mol. The van der Waals surface area contributed by atoms with Gasteiger partial charge in [0.25, 0.3) is 0 Å². The third kappa shape index (κ3) is 3.61. The first-order valence-corrected chi connectivity index (χ1v) is 6.92. The van der Waals surface area contributed by atoms with Crippen LogP contribution in [0.5, 0.6) is 0 Å². The molecule has 0 radical (unpaired) electrons. The zero-order valence-electron chi connectivity index (χ0n) is 10.6. The Morgan fingerprint density at radius 2 is 2.26 bits per heavy atom. The molecule has 1 aliphatic heterocycles. The highest BCUT2D eigenvalue weighted by Gasteiger charge is 2.29. The minimum Gasteiger partial charge on any atom is -0.461 e. The number of allylic oxidation sites excluding steroid dienone is 1. The van der Waals surface area contributed by atoms with E-state index in [1.807, 2.05) is 37.3 Å². The maximum absolute atomic E-state index is 11.9. The number of carbonyl (C=O) groups is 2. The number of esters is 1. The van der Waals surface area contributed by atoms with Crippen LogP contribution in [0.2, 0.25) is 0 Å². The fraction of sp³-hybridized carbons (Fsp3) is 0.286. The zero-order valence-corrected chi connectivity index (χ0v) is 11.4. The van der Waals surface area contributed by atoms with E-state index in [9.17, 15) is 9.59 Å². The molecule has 100 valence electrons. The second-order valence-corrected chi connectivity index (χ2v) is 5.29. The maximum atomic E-state index is 11.9. The molecule has 1 aromatic carbocycles. The molecule has 1 aromatic rings. The van der Waals surface area contributed by atoms with Crippen molar-refractivity contribution in [3.05, 3.63) is 36.4 Å². The molecule has 1 heterocycles. The first-order chi connectivity index (χ1) is 9.20. The van der Waals surface area contributed by atoms with Crippen LogP contribution in [-0.2, 0) is 14.3 Å². The molecule has 5 heteroatoms. The number of hydrogen-bond donors (Lipinski definition) is 1. The Kier molecular flexibility index (Phi) is 4.63. The Hall–Kier alpha value is -1.75. The second kappa shape index (κ2) is 6.43. The van der Waals surface area contributed by atoms with E-state index in [4.69, 9.17) is 4.74 Å². The van der Waals surface area contributed by atoms with Crippen molar-refractivity contribution in [2.24, 2.45) is 0 Å². The van der Waals surface area contributed by atoms with Gasteiger partial charge >= 0.3 is 5.97 Å². The summed E-state index contributed by atoms with van der Waals surface area (Å²) in [5.41, 5.74) is 0.802. The third-order valence-corrected chi connectivity index (χ3v) is 3.91. The fourth-order valence-corrected chi connectivity index (χ4v) is 2.77. The Morgan fingerprint density at radius 3 is 3.05 bits per heavy atom. The smallest absolute Gasteiger partial charge is 0.307 e. The van der Waals surface area contributed by atoms with Crippen molar-refractivity contribution in [1.82, 2.24) is 0 Å². The van der Waals surface area contributed by atoms with E-state index in [0.717, 1.165) is 10.6 Å². The average Bonchev–Trinajstić information content (AvgIpc) is 2.40. The molecule has 0 aromatic heterocycles. The van der Waals surface area contributed by atoms with E-state index < -0.39 is 5.25 Å². The zero-order chi connectivity index (χ0) is 13.7. The summed E-state index contributed by atoms with van der Waals surface area (Å²) >= 11 is 1.40. The van der Waals surface area contributed by atoms with Gasteiger partial charge in [0.1, 0.15) is 6.61 Å². The summed E-state index contributed by atoms with van der Waals surface area (Å²) in [7, 11) is 0. The summed E-state index contributed by atoms with van der Waals surface area (Å²) in [6.45, 7) is 2.11. The van der Waals surface area contributed by atoms with Crippen LogP contribution in [-0.4, -0.2) is 23.7 Å². The van der Waals surface area contributed by atoms with E-state index in [1.54, 1.807) is 6.08 Å². The largest absolute Gasteiger partial charge is 0.461 e. The van der Waals surface area contributed by atoms with Crippen LogP contribution < -0.4 is 5.32 Å². The van der Waals surface area contributed by atoms with E-state index in [1.165, 1.54) is 11.8 Å². The standard InChI is InChI=1S/C14H15NO3S/c1-2-3-8-18-13(16)9-12-14(17)15-10-6-4-5-7-11(10)19-12/h2-7,12H,8-9H2,1H3,(H,15,17)/b3-2+. The highest BCUT2D eigenvalue weighted by atomic mass is 32.2. The minimum absolute atomic E-state index is 0.0857. The van der Waals surface area contributed by atoms with Gasteiger partial charge in [0.15, 0.2) is 0 Å². The Morgan fingerprint density at radius 1 is 1.47 bits per heavy atom. The van der Waals surface area contributed by atoms with Gasteiger partial charge in [0.05, 0.1) is 17.4 Å². The molecule has 19 heavy (non-hydrogen) atoms. The number of anilines is 1. The molecule has 1 atom stereocenters. The Labute approximate surface area is 116 Å². The van der Waals surface area contributed by atoms with Crippen molar-refractivity contribution in [2.75, 3.05) is 11.9 Å². The molecular formula is C14H15NO3S. The SMILES string of the molecule is C/C=C/COC(=O)CC1Sc2ccccc2NC1=O. The summed E-state index contributed by atoms with van der Waals surface area (Å²) in [6.07, 6.45) is 3.65. The van der Waals surface area contributed by atoms with Crippen molar-refractivity contribution in [3.63, 3.8) is 0 Å². The molecule has 1 N–H and O–H groups in total. The van der Waals surface area contributed by atoms with E-state index >= 15 is 0 Å². The number of benzene rings is 1. The first kappa shape index (κ1) is 13.7. The lowest BCUT2D eigenvalue weighted by molar-refractivity contribution is -0.143. The van der Waals surface area contributed by atoms with Gasteiger partial charge in [0.2, 0.25) is 5.91 Å². The summed E-state index contributed by atoms with van der Waals surface area (Å²) in [5, 5.41) is 2.38. The lowest BCUT2D eigenvalue weighted by atomic mass is 10.2. The van der Waals surface area contributed by atoms with E-state index in [2.05, 4.69) is 5.32 Å². The number of nitrogens with one attached hydrogen (secondary N) is 1. The maximum Gasteiger partial charge on any atom is 0.307 e. The topological polar surface area (TPSA) is 55.4 Å². The van der Waals surface area contributed by atoms with Gasteiger partial charge in [-0.3, -0.25) is 9.59 Å². The quantitative estimate of drug-likeness (QED) is 0.679. The van der Waals surface area contributed by atoms with Crippen LogP contribution in [0.1, 0.15) is 13.3 Å². The molecule has 2 rings (SSSR count). The molecule has 4 nitrogen and oxygen atoms in total. The van der Waals surface area contributed by atoms with Gasteiger partial charge in [-0.2, -0.15) is 0 Å². The number of thioether (sulfide) groups is 1. The lowest BCUT2D eigenvalue weighted by Gasteiger charge is -2.23. The van der Waals surface area contributed by atoms with Crippen LogP contribution in [0.25, 0.3) is 0 Å². The molecule has 0 saturated heterocycles. The van der Waals surface area contributed by atoms with Crippen LogP contribution in [0.3, 0.4) is 0 Å². The summed E-state index contributed by atoms with van der Waals surface area (Å²) in [4.78, 5) is 24.4. The third-order valence-electron chi connectivity index (χ3n) is 2.63. The average molecular weight is 277 g/mol. The molecule has 0 fully saturated rings. The van der Waals surface area contributed by atoms with E-state index in [0.29, 0.717) is 0 Å². The molecular weight excluding hydrogens is 262 g/mol. The molecule has 0 saturated carbocycles. The summed E-state index contributed by atoms with van der Waals surface area (Å²) < 4.78 is 5.00. The number of hydrogen-bond acceptors (Lipinski definition) is 4. The first-order valence-electron chi connectivity index (χ1n) is 6.04. The van der Waals surface area contributed by atoms with Gasteiger partial charge in [-0.1, -0.05) is 24.3 Å². The molecule has 0 aliphatic carbocycles. The summed E-state index contributed by atoms with van der Waals surface area (Å²) in [6, 6.07) is 7.55. The van der Waals surface area contributed by atoms with Crippen LogP contribution >= 0.6 is 11.8 Å². The van der Waals surface area contributed by atoms with Crippen molar-refractivity contribution in [2.45, 2.75) is 23.5 Å². The number of ether oxygens (including phenoxy) is 1. The molecule has 0 bridgehead atoms. The van der Waals surface area contributed by atoms with Crippen LogP contribution in [0.4, 0.5) is 5.69 Å². The fourth-order valence-electron chi connectivity index (χ4n) is 1.67. The highest BCUT2D eigenvalue weighted by Crippen LogP contribution is 2.36. The Balaban J connectivity index is 1.95. The van der Waals surface area contributed by atoms with Crippen molar-refractivity contribution in [3.8, 4) is 0 Å². The van der Waals surface area contributed by atoms with Gasteiger partial charge < -0.3 is 10.1 Å². The number of carbonyl (C=O) groups excluding carboxylic acids is 2. The predicted octanol–water partition coefficient (Wildman–Crippen LogP) is 2.61. The second-order valence-electron chi connectivity index (χ2n) is 4.05. The molecule has 0 spiro atoms. The van der Waals surface area contributed by atoms with E-state index in [-0.39, 0.29) is 24.9 Å². The number of rotatable bonds is 4. The van der Waals surface area contributed by atoms with Crippen LogP contribution in [0, 0.1) is 0 Å². The van der Waals surface area contributed by atoms with Crippen molar-refractivity contribution in [1.29, 1.82) is 0 Å². The monoisotopic (exact) mass is 277 g/mol. The highest BCUT2D eigenvalue weighted by molar-refractivity contribution is 8.01. The molecule has 1 amide bonds. The number of amides is 1. The number of fused-ring (bicyclic) bond motifs is 1. The summed E-state index contributed by atoms with van der Waals surface area (Å²) in [5.74, 6) is -0.503. The normalized spacial score (nSPS) is 17.9. The Bertz CT molecular complexity index is 513. The van der Waals surface area contributed by atoms with Gasteiger partial charge in [-0.15, -0.1) is 11.8 Å². The van der Waals surface area contributed by atoms with Gasteiger partial charge in [-0.05, 0) is 19.1 Å². The van der Waals surface area contributed by atoms with Gasteiger partial charge in [-0.25, -0.2) is 0 Å². The molecule has 1 aliphatic rings.